The smallest absolute Gasteiger partial charge is 0.414 e. The summed E-state index contributed by atoms with van der Waals surface area (Å²) in [6.45, 7) is 10.6. The van der Waals surface area contributed by atoms with E-state index in [1.54, 1.807) is 0 Å². The van der Waals surface area contributed by atoms with Crippen LogP contribution in [0.1, 0.15) is 61.9 Å². The number of carbonyl (C=O) groups excluding carboxylic acids is 2. The number of rotatable bonds is 10. The van der Waals surface area contributed by atoms with Crippen molar-refractivity contribution in [2.24, 2.45) is 0 Å². The number of hydrogen-bond acceptors (Lipinski definition) is 3. The topological polar surface area (TPSA) is 58.6 Å². The number of amides is 2. The van der Waals surface area contributed by atoms with Crippen LogP contribution in [0.25, 0.3) is 0 Å². The molecule has 0 heterocycles. The fourth-order valence-electron chi connectivity index (χ4n) is 5.35. The van der Waals surface area contributed by atoms with Crippen molar-refractivity contribution in [3.63, 3.8) is 0 Å². The molecule has 1 aliphatic carbocycles. The Hall–Kier alpha value is -3.14. The first kappa shape index (κ1) is 33.7. The summed E-state index contributed by atoms with van der Waals surface area (Å²) >= 11 is 6.09. The molecule has 0 aliphatic heterocycles. The van der Waals surface area contributed by atoms with Gasteiger partial charge in [0.1, 0.15) is 11.4 Å². The Morgan fingerprint density at radius 3 is 1.86 bits per heavy atom. The third kappa shape index (κ3) is 7.38. The summed E-state index contributed by atoms with van der Waals surface area (Å²) in [7, 11) is -2.21. The summed E-state index contributed by atoms with van der Waals surface area (Å²) in [6.07, 6.45) is -4.28. The highest BCUT2D eigenvalue weighted by Gasteiger charge is 2.58. The van der Waals surface area contributed by atoms with Gasteiger partial charge in [0, 0.05) is 19.4 Å². The molecule has 3 aromatic rings. The zero-order valence-corrected chi connectivity index (χ0v) is 27.5. The van der Waals surface area contributed by atoms with E-state index in [9.17, 15) is 22.8 Å². The van der Waals surface area contributed by atoms with Crippen LogP contribution in [0.5, 0.6) is 0 Å². The summed E-state index contributed by atoms with van der Waals surface area (Å²) in [6, 6.07) is 23.2. The number of alkyl halides is 4. The van der Waals surface area contributed by atoms with E-state index in [1.807, 2.05) is 60.7 Å². The van der Waals surface area contributed by atoms with Gasteiger partial charge in [-0.1, -0.05) is 93.6 Å². The molecular formula is C34H40ClF3N2O3Si. The van der Waals surface area contributed by atoms with Crippen molar-refractivity contribution in [1.82, 2.24) is 10.2 Å². The molecule has 4 rings (SSSR count). The molecule has 2 amide bonds. The molecule has 0 atom stereocenters. The molecule has 0 aromatic heterocycles. The van der Waals surface area contributed by atoms with Crippen LogP contribution < -0.4 is 5.32 Å². The summed E-state index contributed by atoms with van der Waals surface area (Å²) in [5.41, 5.74) is 0.0925. The minimum Gasteiger partial charge on any atom is -0.414 e. The van der Waals surface area contributed by atoms with E-state index in [0.717, 1.165) is 23.3 Å². The molecule has 3 aromatic carbocycles. The Morgan fingerprint density at radius 1 is 0.932 bits per heavy atom. The molecule has 0 spiro atoms. The third-order valence-electron chi connectivity index (χ3n) is 8.92. The minimum absolute atomic E-state index is 0.0644. The molecule has 0 radical (unpaired) electrons. The van der Waals surface area contributed by atoms with Crippen molar-refractivity contribution >= 4 is 31.7 Å². The van der Waals surface area contributed by atoms with Gasteiger partial charge in [-0.05, 0) is 47.0 Å². The Labute approximate surface area is 263 Å². The number of halogens is 4. The van der Waals surface area contributed by atoms with Crippen LogP contribution in [-0.2, 0) is 26.7 Å². The molecular weight excluding hydrogens is 605 g/mol. The van der Waals surface area contributed by atoms with Gasteiger partial charge in [0.05, 0.1) is 17.7 Å². The van der Waals surface area contributed by atoms with Crippen LogP contribution in [0.2, 0.25) is 18.1 Å². The van der Waals surface area contributed by atoms with Crippen LogP contribution in [-0.4, -0.2) is 42.6 Å². The van der Waals surface area contributed by atoms with Crippen LogP contribution in [0, 0.1) is 0 Å². The first-order chi connectivity index (χ1) is 20.6. The fourth-order valence-corrected chi connectivity index (χ4v) is 6.84. The van der Waals surface area contributed by atoms with Gasteiger partial charge in [0.15, 0.2) is 8.32 Å². The summed E-state index contributed by atoms with van der Waals surface area (Å²) in [4.78, 5) is 29.4. The van der Waals surface area contributed by atoms with Gasteiger partial charge in [0.25, 0.3) is 0 Å². The van der Waals surface area contributed by atoms with E-state index >= 15 is 0 Å². The van der Waals surface area contributed by atoms with Crippen molar-refractivity contribution in [2.45, 2.75) is 82.2 Å². The lowest BCUT2D eigenvalue weighted by atomic mass is 9.71. The van der Waals surface area contributed by atoms with Gasteiger partial charge >= 0.3 is 6.18 Å². The standard InChI is InChI=1S/C34H40ClF3N2O3Si/c1-32(2,3)44(4,5)43-28-20-33(21-28,40(29(41)22-35)23-24-16-18-27(19-17-24)34(36,37)38)31(42)39-30(25-12-8-6-9-13-25)26-14-10-7-11-15-26/h6-19,28,30H,20-23H2,1-5H3,(H,39,42). The van der Waals surface area contributed by atoms with E-state index in [0.29, 0.717) is 5.56 Å². The number of nitrogens with zero attached hydrogens (tertiary/aromatic N) is 1. The van der Waals surface area contributed by atoms with E-state index in [2.05, 4.69) is 39.2 Å². The predicted octanol–water partition coefficient (Wildman–Crippen LogP) is 8.10. The Balaban J connectivity index is 1.72. The average Bonchev–Trinajstić information content (AvgIpc) is 2.96. The molecule has 0 saturated heterocycles. The highest BCUT2D eigenvalue weighted by atomic mass is 35.5. The monoisotopic (exact) mass is 644 g/mol. The first-order valence-corrected chi connectivity index (χ1v) is 18.1. The van der Waals surface area contributed by atoms with Crippen molar-refractivity contribution in [3.8, 4) is 0 Å². The summed E-state index contributed by atoms with van der Waals surface area (Å²) < 4.78 is 46.4. The predicted molar refractivity (Wildman–Crippen MR) is 170 cm³/mol. The molecule has 0 unspecified atom stereocenters. The number of nitrogens with one attached hydrogen (secondary N) is 1. The molecule has 10 heteroatoms. The van der Waals surface area contributed by atoms with Gasteiger partial charge in [-0.2, -0.15) is 13.2 Å². The average molecular weight is 645 g/mol. The Kier molecular flexibility index (Phi) is 10.0. The van der Waals surface area contributed by atoms with Crippen LogP contribution in [0.4, 0.5) is 13.2 Å². The molecule has 1 saturated carbocycles. The van der Waals surface area contributed by atoms with Crippen LogP contribution >= 0.6 is 11.6 Å². The highest BCUT2D eigenvalue weighted by molar-refractivity contribution is 6.74. The minimum atomic E-state index is -4.49. The molecule has 5 nitrogen and oxygen atoms in total. The van der Waals surface area contributed by atoms with E-state index in [4.69, 9.17) is 16.0 Å². The van der Waals surface area contributed by atoms with E-state index < -0.39 is 37.5 Å². The lowest BCUT2D eigenvalue weighted by molar-refractivity contribution is -0.162. The largest absolute Gasteiger partial charge is 0.416 e. The van der Waals surface area contributed by atoms with E-state index in [-0.39, 0.29) is 42.3 Å². The second-order valence-corrected chi connectivity index (χ2v) is 18.0. The normalized spacial score (nSPS) is 18.9. The number of benzene rings is 3. The Morgan fingerprint density at radius 2 is 1.43 bits per heavy atom. The van der Waals surface area contributed by atoms with Crippen LogP contribution in [0.15, 0.2) is 84.9 Å². The van der Waals surface area contributed by atoms with Crippen LogP contribution in [0.3, 0.4) is 0 Å². The number of hydrogen-bond donors (Lipinski definition) is 1. The lowest BCUT2D eigenvalue weighted by Gasteiger charge is -2.55. The second-order valence-electron chi connectivity index (χ2n) is 13.0. The second kappa shape index (κ2) is 13.1. The van der Waals surface area contributed by atoms with E-state index in [1.165, 1.54) is 17.0 Å². The molecule has 44 heavy (non-hydrogen) atoms. The van der Waals surface area contributed by atoms with Crippen molar-refractivity contribution in [3.05, 3.63) is 107 Å². The molecule has 1 fully saturated rings. The zero-order valence-electron chi connectivity index (χ0n) is 25.7. The van der Waals surface area contributed by atoms with Crippen molar-refractivity contribution in [2.75, 3.05) is 5.88 Å². The molecule has 1 N–H and O–H groups in total. The van der Waals surface area contributed by atoms with Crippen molar-refractivity contribution in [1.29, 1.82) is 0 Å². The highest BCUT2D eigenvalue weighted by Crippen LogP contribution is 2.46. The van der Waals surface area contributed by atoms with Crippen molar-refractivity contribution < 1.29 is 27.2 Å². The maximum absolute atomic E-state index is 14.5. The van der Waals surface area contributed by atoms with Gasteiger partial charge in [-0.25, -0.2) is 0 Å². The Bertz CT molecular complexity index is 1380. The number of carbonyl (C=O) groups is 2. The summed E-state index contributed by atoms with van der Waals surface area (Å²) in [5.74, 6) is -1.23. The van der Waals surface area contributed by atoms with Gasteiger partial charge < -0.3 is 14.6 Å². The zero-order chi connectivity index (χ0) is 32.3. The lowest BCUT2D eigenvalue weighted by Crippen LogP contribution is -2.70. The van der Waals surface area contributed by atoms with Gasteiger partial charge in [0.2, 0.25) is 11.8 Å². The fraction of sp³-hybridized carbons (Fsp3) is 0.412. The molecule has 1 aliphatic rings. The molecule has 0 bridgehead atoms. The maximum Gasteiger partial charge on any atom is 0.416 e. The SMILES string of the molecule is CC(C)(C)[Si](C)(C)OC1CC(C(=O)NC(c2ccccc2)c2ccccc2)(N(Cc2ccc(C(F)(F)F)cc2)C(=O)CCl)C1. The third-order valence-corrected chi connectivity index (χ3v) is 13.7. The summed E-state index contributed by atoms with van der Waals surface area (Å²) in [5, 5.41) is 3.15. The molecule has 236 valence electrons. The van der Waals surface area contributed by atoms with Gasteiger partial charge in [-0.3, -0.25) is 9.59 Å². The first-order valence-electron chi connectivity index (χ1n) is 14.7. The van der Waals surface area contributed by atoms with Gasteiger partial charge in [-0.15, -0.1) is 11.6 Å². The maximum atomic E-state index is 14.5. The quantitative estimate of drug-likeness (QED) is 0.179.